The number of carbonyl (C=O) groups is 1. The van der Waals surface area contributed by atoms with E-state index in [2.05, 4.69) is 14.9 Å². The summed E-state index contributed by atoms with van der Waals surface area (Å²) in [5.74, 6) is 2.69. The number of allylic oxidation sites excluding steroid dienone is 1. The lowest BCUT2D eigenvalue weighted by Crippen LogP contribution is -2.35. The molecule has 1 aromatic carbocycles. The van der Waals surface area contributed by atoms with Gasteiger partial charge in [0, 0.05) is 30.9 Å². The monoisotopic (exact) mass is 456 g/mol. The van der Waals surface area contributed by atoms with E-state index in [-0.39, 0.29) is 11.8 Å². The van der Waals surface area contributed by atoms with E-state index in [1.807, 2.05) is 18.5 Å². The van der Waals surface area contributed by atoms with Crippen molar-refractivity contribution in [2.75, 3.05) is 39.2 Å². The Morgan fingerprint density at radius 1 is 1.16 bits per heavy atom. The fourth-order valence-corrected chi connectivity index (χ4v) is 4.47. The number of likely N-dealkylation sites (tertiary alicyclic amines) is 1. The molecule has 0 bridgehead atoms. The van der Waals surface area contributed by atoms with Gasteiger partial charge in [-0.2, -0.15) is 0 Å². The third-order valence-electron chi connectivity index (χ3n) is 6.11. The number of benzene rings is 1. The van der Waals surface area contributed by atoms with Crippen LogP contribution in [0.4, 0.5) is 0 Å². The average Bonchev–Trinajstić information content (AvgIpc) is 2.98. The molecule has 0 aliphatic carbocycles. The van der Waals surface area contributed by atoms with Gasteiger partial charge in [0.25, 0.3) is 5.91 Å². The number of aromatic nitrogens is 2. The molecule has 2 aliphatic rings. The van der Waals surface area contributed by atoms with Crippen LogP contribution in [-0.4, -0.2) is 64.8 Å². The van der Waals surface area contributed by atoms with Crippen molar-refractivity contribution >= 4 is 17.5 Å². The molecule has 1 fully saturated rings. The minimum absolute atomic E-state index is 0.0873. The molecular formula is C24H29ClN4O3. The van der Waals surface area contributed by atoms with E-state index in [4.69, 9.17) is 21.1 Å². The maximum atomic E-state index is 13.2. The Bertz CT molecular complexity index is 946. The molecular weight excluding hydrogens is 428 g/mol. The molecule has 0 saturated carbocycles. The van der Waals surface area contributed by atoms with Crippen LogP contribution < -0.4 is 9.47 Å². The third-order valence-corrected chi connectivity index (χ3v) is 6.39. The topological polar surface area (TPSA) is 67.8 Å². The largest absolute Gasteiger partial charge is 0.497 e. The normalized spacial score (nSPS) is 17.4. The number of halogens is 1. The second kappa shape index (κ2) is 10.8. The van der Waals surface area contributed by atoms with Crippen molar-refractivity contribution in [1.29, 1.82) is 0 Å². The summed E-state index contributed by atoms with van der Waals surface area (Å²) in [4.78, 5) is 26.2. The van der Waals surface area contributed by atoms with Crippen LogP contribution >= 0.6 is 11.6 Å². The highest BCUT2D eigenvalue weighted by Crippen LogP contribution is 2.30. The minimum atomic E-state index is -0.0873. The van der Waals surface area contributed by atoms with E-state index in [0.717, 1.165) is 51.1 Å². The highest BCUT2D eigenvalue weighted by molar-refractivity contribution is 6.19. The summed E-state index contributed by atoms with van der Waals surface area (Å²) in [5, 5.41) is 0. The number of carbonyl (C=O) groups excluding carboxylic acids is 1. The molecule has 2 aliphatic heterocycles. The summed E-state index contributed by atoms with van der Waals surface area (Å²) in [5.41, 5.74) is 1.20. The molecule has 32 heavy (non-hydrogen) atoms. The Morgan fingerprint density at radius 2 is 1.91 bits per heavy atom. The molecule has 0 radical (unpaired) electrons. The van der Waals surface area contributed by atoms with E-state index in [9.17, 15) is 4.79 Å². The van der Waals surface area contributed by atoms with Gasteiger partial charge in [-0.25, -0.2) is 9.97 Å². The molecule has 1 aromatic heterocycles. The zero-order valence-corrected chi connectivity index (χ0v) is 19.1. The van der Waals surface area contributed by atoms with Crippen LogP contribution in [0, 0.1) is 0 Å². The lowest BCUT2D eigenvalue weighted by molar-refractivity contribution is 0.0804. The van der Waals surface area contributed by atoms with E-state index in [0.29, 0.717) is 35.2 Å². The molecule has 0 atom stereocenters. The Labute approximate surface area is 194 Å². The van der Waals surface area contributed by atoms with Gasteiger partial charge in [0.15, 0.2) is 0 Å². The smallest absolute Gasteiger partial charge is 0.261 e. The van der Waals surface area contributed by atoms with Crippen LogP contribution in [-0.2, 0) is 0 Å². The fraction of sp³-hybridized carbons (Fsp3) is 0.458. The van der Waals surface area contributed by atoms with Gasteiger partial charge >= 0.3 is 0 Å². The molecule has 0 spiro atoms. The van der Waals surface area contributed by atoms with Gasteiger partial charge in [-0.05, 0) is 63.5 Å². The van der Waals surface area contributed by atoms with Crippen molar-refractivity contribution in [3.8, 4) is 11.5 Å². The lowest BCUT2D eigenvalue weighted by Gasteiger charge is -2.31. The predicted molar refractivity (Wildman–Crippen MR) is 123 cm³/mol. The number of unbranched alkanes of at least 4 members (excludes halogenated alkanes) is 1. The number of amides is 1. The Balaban J connectivity index is 1.28. The lowest BCUT2D eigenvalue weighted by atomic mass is 9.96. The summed E-state index contributed by atoms with van der Waals surface area (Å²) in [7, 11) is 1.59. The van der Waals surface area contributed by atoms with Gasteiger partial charge in [-0.15, -0.1) is 11.6 Å². The Hall–Kier alpha value is -2.64. The molecule has 0 N–H and O–H groups in total. The number of hydrogen-bond donors (Lipinski definition) is 0. The molecule has 1 amide bonds. The highest BCUT2D eigenvalue weighted by atomic mass is 35.5. The van der Waals surface area contributed by atoms with Crippen LogP contribution in [0.25, 0.3) is 0 Å². The van der Waals surface area contributed by atoms with Crippen molar-refractivity contribution in [2.45, 2.75) is 31.6 Å². The van der Waals surface area contributed by atoms with Crippen molar-refractivity contribution < 1.29 is 14.3 Å². The van der Waals surface area contributed by atoms with E-state index in [1.54, 1.807) is 36.5 Å². The van der Waals surface area contributed by atoms with E-state index in [1.165, 1.54) is 0 Å². The molecule has 170 valence electrons. The van der Waals surface area contributed by atoms with Crippen LogP contribution in [0.2, 0.25) is 0 Å². The Morgan fingerprint density at radius 3 is 2.62 bits per heavy atom. The fourth-order valence-electron chi connectivity index (χ4n) is 4.27. The predicted octanol–water partition coefficient (Wildman–Crippen LogP) is 4.06. The van der Waals surface area contributed by atoms with Crippen LogP contribution in [0.15, 0.2) is 48.6 Å². The van der Waals surface area contributed by atoms with Gasteiger partial charge in [0.2, 0.25) is 0 Å². The summed E-state index contributed by atoms with van der Waals surface area (Å²) in [6, 6.07) is 7.10. The van der Waals surface area contributed by atoms with Crippen LogP contribution in [0.3, 0.4) is 0 Å². The quantitative estimate of drug-likeness (QED) is 0.440. The second-order valence-electron chi connectivity index (χ2n) is 8.11. The molecule has 0 unspecified atom stereocenters. The number of rotatable bonds is 8. The number of piperidine rings is 1. The number of alkyl halides is 1. The Kier molecular flexibility index (Phi) is 7.60. The van der Waals surface area contributed by atoms with Crippen LogP contribution in [0.5, 0.6) is 11.5 Å². The molecule has 8 heteroatoms. The molecule has 1 saturated heterocycles. The van der Waals surface area contributed by atoms with Crippen molar-refractivity contribution in [3.05, 3.63) is 60.0 Å². The first-order chi connectivity index (χ1) is 15.7. The zero-order chi connectivity index (χ0) is 22.3. The molecule has 4 rings (SSSR count). The molecule has 3 heterocycles. The number of fused-ring (bicyclic) bond motifs is 1. The van der Waals surface area contributed by atoms with Crippen molar-refractivity contribution in [3.63, 3.8) is 0 Å². The number of ether oxygens (including phenoxy) is 2. The minimum Gasteiger partial charge on any atom is -0.497 e. The first-order valence-corrected chi connectivity index (χ1v) is 11.6. The maximum Gasteiger partial charge on any atom is 0.261 e. The number of methoxy groups -OCH3 is 1. The number of hydrogen-bond acceptors (Lipinski definition) is 6. The van der Waals surface area contributed by atoms with Crippen LogP contribution in [0.1, 0.15) is 47.8 Å². The van der Waals surface area contributed by atoms with Gasteiger partial charge in [-0.3, -0.25) is 4.79 Å². The first kappa shape index (κ1) is 22.6. The summed E-state index contributed by atoms with van der Waals surface area (Å²) in [6.45, 7) is 3.75. The van der Waals surface area contributed by atoms with E-state index >= 15 is 0 Å². The second-order valence-corrected chi connectivity index (χ2v) is 8.38. The van der Waals surface area contributed by atoms with Gasteiger partial charge in [0.1, 0.15) is 23.6 Å². The SMILES string of the molecule is COc1ccc2c(c1)OC=C(CCl)N(CCCCN1CCC(c3ncccn3)CC1)C2=O. The zero-order valence-electron chi connectivity index (χ0n) is 18.4. The first-order valence-electron chi connectivity index (χ1n) is 11.1. The molecule has 2 aromatic rings. The van der Waals surface area contributed by atoms with Crippen molar-refractivity contribution in [1.82, 2.24) is 19.8 Å². The van der Waals surface area contributed by atoms with E-state index < -0.39 is 0 Å². The average molecular weight is 457 g/mol. The maximum absolute atomic E-state index is 13.2. The number of nitrogens with zero attached hydrogens (tertiary/aromatic N) is 4. The standard InChI is InChI=1S/C24H29ClN4O3/c1-31-20-5-6-21-22(15-20)32-17-19(16-25)29(24(21)30)12-3-2-11-28-13-7-18(8-14-28)23-26-9-4-10-27-23/h4-6,9-10,15,17-18H,2-3,7-8,11-14,16H2,1H3. The highest BCUT2D eigenvalue weighted by Gasteiger charge is 2.26. The van der Waals surface area contributed by atoms with Gasteiger partial charge < -0.3 is 19.3 Å². The van der Waals surface area contributed by atoms with Crippen molar-refractivity contribution in [2.24, 2.45) is 0 Å². The summed E-state index contributed by atoms with van der Waals surface area (Å²) >= 11 is 6.13. The summed E-state index contributed by atoms with van der Waals surface area (Å²) in [6.07, 6.45) is 9.31. The van der Waals surface area contributed by atoms with Gasteiger partial charge in [0.05, 0.1) is 24.3 Å². The summed E-state index contributed by atoms with van der Waals surface area (Å²) < 4.78 is 11.0. The van der Waals surface area contributed by atoms with Gasteiger partial charge in [-0.1, -0.05) is 0 Å². The third kappa shape index (κ3) is 5.22. The molecule has 7 nitrogen and oxygen atoms in total.